The van der Waals surface area contributed by atoms with Gasteiger partial charge in [0.1, 0.15) is 10.3 Å². The number of halogens is 4. The van der Waals surface area contributed by atoms with Gasteiger partial charge in [-0.1, -0.05) is 0 Å². The minimum absolute atomic E-state index is 0.0318. The van der Waals surface area contributed by atoms with Gasteiger partial charge in [0, 0.05) is 12.7 Å². The van der Waals surface area contributed by atoms with Crippen LogP contribution in [0.2, 0.25) is 0 Å². The molecule has 3 heterocycles. The topological polar surface area (TPSA) is 68.8 Å². The zero-order chi connectivity index (χ0) is 15.9. The van der Waals surface area contributed by atoms with Crippen LogP contribution in [0.1, 0.15) is 18.4 Å². The minimum Gasteiger partial charge on any atom is -0.368 e. The van der Waals surface area contributed by atoms with Crippen LogP contribution in [0.25, 0.3) is 11.0 Å². The average Bonchev–Trinajstić information content (AvgIpc) is 2.79. The maximum Gasteiger partial charge on any atom is 0.418 e. The summed E-state index contributed by atoms with van der Waals surface area (Å²) in [5.41, 5.74) is 5.08. The second kappa shape index (κ2) is 5.69. The number of hydrogen-bond donors (Lipinski definition) is 2. The number of rotatable bonds is 2. The molecule has 1 fully saturated rings. The van der Waals surface area contributed by atoms with Crippen LogP contribution < -0.4 is 11.1 Å². The number of nitrogen functional groups attached to an aromatic ring is 1. The number of hydrogen-bond acceptors (Lipinski definition) is 4. The fourth-order valence-corrected chi connectivity index (χ4v) is 3.43. The zero-order valence-corrected chi connectivity index (χ0v) is 13.2. The van der Waals surface area contributed by atoms with Crippen LogP contribution in [0.4, 0.5) is 19.1 Å². The molecule has 5 nitrogen and oxygen atoms in total. The molecule has 1 aliphatic heterocycles. The van der Waals surface area contributed by atoms with Crippen LogP contribution in [0.5, 0.6) is 0 Å². The van der Waals surface area contributed by atoms with Crippen LogP contribution >= 0.6 is 15.9 Å². The van der Waals surface area contributed by atoms with E-state index in [0.29, 0.717) is 12.5 Å². The Morgan fingerprint density at radius 1 is 1.32 bits per heavy atom. The van der Waals surface area contributed by atoms with Gasteiger partial charge >= 0.3 is 6.18 Å². The third-order valence-corrected chi connectivity index (χ3v) is 4.48. The summed E-state index contributed by atoms with van der Waals surface area (Å²) in [5.74, 6) is 0.283. The van der Waals surface area contributed by atoms with Crippen molar-refractivity contribution in [3.63, 3.8) is 0 Å². The van der Waals surface area contributed by atoms with Gasteiger partial charge in [0.2, 0.25) is 5.95 Å². The Bertz CT molecular complexity index is 691. The number of nitrogens with two attached hydrogens (primary N) is 1. The van der Waals surface area contributed by atoms with E-state index in [4.69, 9.17) is 5.73 Å². The predicted octanol–water partition coefficient (Wildman–Crippen LogP) is 2.79. The number of anilines is 1. The molecule has 22 heavy (non-hydrogen) atoms. The number of piperidine rings is 1. The molecule has 120 valence electrons. The summed E-state index contributed by atoms with van der Waals surface area (Å²) in [6.45, 7) is 2.27. The molecule has 0 spiro atoms. The Labute approximate surface area is 133 Å². The number of alkyl halides is 3. The van der Waals surface area contributed by atoms with E-state index in [9.17, 15) is 13.2 Å². The Kier molecular flexibility index (Phi) is 4.02. The number of fused-ring (bicyclic) bond motifs is 1. The molecule has 9 heteroatoms. The van der Waals surface area contributed by atoms with Crippen molar-refractivity contribution in [3.8, 4) is 0 Å². The lowest BCUT2D eigenvalue weighted by Gasteiger charge is -2.23. The SMILES string of the molecule is Nc1nc(Br)c2c(C(F)(F)F)cn(CC3CCNCC3)c2n1. The van der Waals surface area contributed by atoms with E-state index in [1.165, 1.54) is 0 Å². The molecule has 0 radical (unpaired) electrons. The Morgan fingerprint density at radius 2 is 2.00 bits per heavy atom. The first kappa shape index (κ1) is 15.5. The summed E-state index contributed by atoms with van der Waals surface area (Å²) >= 11 is 3.08. The third kappa shape index (κ3) is 2.91. The molecule has 1 saturated heterocycles. The molecule has 3 rings (SSSR count). The second-order valence-electron chi connectivity index (χ2n) is 5.46. The molecule has 0 bridgehead atoms. The lowest BCUT2D eigenvalue weighted by molar-refractivity contribution is -0.136. The largest absolute Gasteiger partial charge is 0.418 e. The fourth-order valence-electron chi connectivity index (χ4n) is 2.86. The Hall–Kier alpha value is -1.35. The molecule has 0 saturated carbocycles. The van der Waals surface area contributed by atoms with Crippen LogP contribution in [0.3, 0.4) is 0 Å². The van der Waals surface area contributed by atoms with Crippen LogP contribution in [-0.4, -0.2) is 27.6 Å². The van der Waals surface area contributed by atoms with E-state index >= 15 is 0 Å². The van der Waals surface area contributed by atoms with E-state index in [1.807, 2.05) is 0 Å². The van der Waals surface area contributed by atoms with Crippen molar-refractivity contribution in [2.24, 2.45) is 5.92 Å². The van der Waals surface area contributed by atoms with Crippen molar-refractivity contribution in [2.75, 3.05) is 18.8 Å². The van der Waals surface area contributed by atoms with Crippen molar-refractivity contribution >= 4 is 32.9 Å². The van der Waals surface area contributed by atoms with Crippen molar-refractivity contribution in [3.05, 3.63) is 16.4 Å². The number of nitrogens with one attached hydrogen (secondary N) is 1. The van der Waals surface area contributed by atoms with E-state index in [2.05, 4.69) is 31.2 Å². The molecular weight excluding hydrogens is 363 g/mol. The molecule has 0 unspecified atom stereocenters. The van der Waals surface area contributed by atoms with Crippen LogP contribution in [0.15, 0.2) is 10.8 Å². The Morgan fingerprint density at radius 3 is 2.64 bits per heavy atom. The van der Waals surface area contributed by atoms with Gasteiger partial charge in [0.15, 0.2) is 0 Å². The highest BCUT2D eigenvalue weighted by atomic mass is 79.9. The predicted molar refractivity (Wildman–Crippen MR) is 80.2 cm³/mol. The standard InChI is InChI=1S/C13H15BrF3N5/c14-10-9-8(13(15,16)17)6-22(11(9)21-12(18)20-10)5-7-1-3-19-4-2-7/h6-7,19H,1-5H2,(H2,18,20,21). The smallest absolute Gasteiger partial charge is 0.368 e. The van der Waals surface area contributed by atoms with Gasteiger partial charge in [0.05, 0.1) is 10.9 Å². The van der Waals surface area contributed by atoms with Gasteiger partial charge in [-0.05, 0) is 47.8 Å². The lowest BCUT2D eigenvalue weighted by Crippen LogP contribution is -2.29. The van der Waals surface area contributed by atoms with Gasteiger partial charge in [-0.15, -0.1) is 0 Å². The first-order valence-corrected chi connectivity index (χ1v) is 7.75. The number of aromatic nitrogens is 3. The highest BCUT2D eigenvalue weighted by Gasteiger charge is 2.36. The van der Waals surface area contributed by atoms with Crippen molar-refractivity contribution < 1.29 is 13.2 Å². The molecule has 0 atom stereocenters. The normalized spacial score (nSPS) is 17.3. The summed E-state index contributed by atoms with van der Waals surface area (Å²) in [6, 6.07) is 0. The van der Waals surface area contributed by atoms with Crippen molar-refractivity contribution in [1.82, 2.24) is 19.9 Å². The highest BCUT2D eigenvalue weighted by Crippen LogP contribution is 2.39. The summed E-state index contributed by atoms with van der Waals surface area (Å²) in [6.07, 6.45) is -1.48. The van der Waals surface area contributed by atoms with Crippen LogP contribution in [-0.2, 0) is 12.7 Å². The quantitative estimate of drug-likeness (QED) is 0.789. The summed E-state index contributed by atoms with van der Waals surface area (Å²) in [7, 11) is 0. The minimum atomic E-state index is -4.46. The molecule has 2 aromatic heterocycles. The van der Waals surface area contributed by atoms with Gasteiger partial charge in [-0.2, -0.15) is 18.2 Å². The molecule has 0 aromatic carbocycles. The van der Waals surface area contributed by atoms with Crippen LogP contribution in [0, 0.1) is 5.92 Å². The van der Waals surface area contributed by atoms with Gasteiger partial charge in [0.25, 0.3) is 0 Å². The summed E-state index contributed by atoms with van der Waals surface area (Å²) < 4.78 is 41.4. The second-order valence-corrected chi connectivity index (χ2v) is 6.21. The van der Waals surface area contributed by atoms with Gasteiger partial charge in [-0.25, -0.2) is 4.98 Å². The molecule has 3 N–H and O–H groups in total. The van der Waals surface area contributed by atoms with E-state index in [-0.39, 0.29) is 21.6 Å². The molecular formula is C13H15BrF3N5. The fraction of sp³-hybridized carbons (Fsp3) is 0.538. The van der Waals surface area contributed by atoms with Crippen molar-refractivity contribution in [1.29, 1.82) is 0 Å². The molecule has 2 aromatic rings. The lowest BCUT2D eigenvalue weighted by atomic mass is 9.98. The van der Waals surface area contributed by atoms with Gasteiger partial charge < -0.3 is 15.6 Å². The maximum absolute atomic E-state index is 13.3. The average molecular weight is 378 g/mol. The van der Waals surface area contributed by atoms with E-state index in [0.717, 1.165) is 32.1 Å². The monoisotopic (exact) mass is 377 g/mol. The van der Waals surface area contributed by atoms with Gasteiger partial charge in [-0.3, -0.25) is 0 Å². The summed E-state index contributed by atoms with van der Waals surface area (Å²) in [5, 5.41) is 3.21. The first-order chi connectivity index (χ1) is 10.4. The maximum atomic E-state index is 13.3. The first-order valence-electron chi connectivity index (χ1n) is 6.96. The molecule has 0 aliphatic carbocycles. The molecule has 1 aliphatic rings. The van der Waals surface area contributed by atoms with E-state index < -0.39 is 11.7 Å². The molecule has 0 amide bonds. The highest BCUT2D eigenvalue weighted by molar-refractivity contribution is 9.10. The van der Waals surface area contributed by atoms with Crippen molar-refractivity contribution in [2.45, 2.75) is 25.6 Å². The Balaban J connectivity index is 2.09. The third-order valence-electron chi connectivity index (χ3n) is 3.91. The van der Waals surface area contributed by atoms with E-state index in [1.54, 1.807) is 4.57 Å². The zero-order valence-electron chi connectivity index (χ0n) is 11.6. The number of nitrogens with zero attached hydrogens (tertiary/aromatic N) is 3. The summed E-state index contributed by atoms with van der Waals surface area (Å²) in [4.78, 5) is 7.82.